The molecule has 0 fully saturated rings. The van der Waals surface area contributed by atoms with Gasteiger partial charge in [0, 0.05) is 11.5 Å². The smallest absolute Gasteiger partial charge is 0.119 e. The lowest BCUT2D eigenvalue weighted by atomic mass is 9.99. The van der Waals surface area contributed by atoms with Crippen LogP contribution in [0.15, 0.2) is 40.8 Å². The zero-order chi connectivity index (χ0) is 16.4. The molecule has 0 bridgehead atoms. The molecule has 0 atom stereocenters. The van der Waals surface area contributed by atoms with Gasteiger partial charge in [0.1, 0.15) is 12.4 Å². The molecule has 0 heterocycles. The molecule has 0 aliphatic rings. The van der Waals surface area contributed by atoms with Crippen LogP contribution in [0.1, 0.15) is 47.0 Å². The number of hydrogen-bond donors (Lipinski definition) is 0. The SMILES string of the molecule is CCOC(C)(C)CCCC(C)=CCOc1ccc(S[S])cc1. The summed E-state index contributed by atoms with van der Waals surface area (Å²) in [5.41, 5.74) is 1.35. The van der Waals surface area contributed by atoms with Crippen LogP contribution >= 0.6 is 22.5 Å². The molecule has 1 rings (SSSR count). The maximum atomic E-state index is 5.72. The molecule has 2 nitrogen and oxygen atoms in total. The van der Waals surface area contributed by atoms with E-state index >= 15 is 0 Å². The predicted molar refractivity (Wildman–Crippen MR) is 98.7 cm³/mol. The molecule has 0 unspecified atom stereocenters. The lowest BCUT2D eigenvalue weighted by Gasteiger charge is -2.24. The predicted octanol–water partition coefficient (Wildman–Crippen LogP) is 6.20. The molecule has 123 valence electrons. The summed E-state index contributed by atoms with van der Waals surface area (Å²) in [6.07, 6.45) is 5.46. The number of benzene rings is 1. The van der Waals surface area contributed by atoms with Crippen LogP contribution in [-0.4, -0.2) is 18.8 Å². The molecule has 0 saturated carbocycles. The first kappa shape index (κ1) is 19.5. The highest BCUT2D eigenvalue weighted by Crippen LogP contribution is 2.24. The number of allylic oxidation sites excluding steroid dienone is 1. The van der Waals surface area contributed by atoms with E-state index < -0.39 is 0 Å². The first-order chi connectivity index (χ1) is 10.5. The molecule has 22 heavy (non-hydrogen) atoms. The van der Waals surface area contributed by atoms with E-state index in [4.69, 9.17) is 21.1 Å². The molecule has 1 aromatic carbocycles. The summed E-state index contributed by atoms with van der Waals surface area (Å²) < 4.78 is 11.4. The molecular formula is C18H27O2S2. The van der Waals surface area contributed by atoms with Gasteiger partial charge < -0.3 is 9.47 Å². The lowest BCUT2D eigenvalue weighted by Crippen LogP contribution is -2.24. The largest absolute Gasteiger partial charge is 0.490 e. The Morgan fingerprint density at radius 3 is 2.55 bits per heavy atom. The summed E-state index contributed by atoms with van der Waals surface area (Å²) in [5, 5.41) is 0. The van der Waals surface area contributed by atoms with Crippen molar-refractivity contribution in [1.82, 2.24) is 0 Å². The van der Waals surface area contributed by atoms with Crippen molar-refractivity contribution in [3.63, 3.8) is 0 Å². The molecule has 0 amide bonds. The van der Waals surface area contributed by atoms with E-state index in [9.17, 15) is 0 Å². The molecule has 4 heteroatoms. The highest BCUT2D eigenvalue weighted by atomic mass is 33.1. The van der Waals surface area contributed by atoms with E-state index in [1.807, 2.05) is 31.2 Å². The Bertz CT molecular complexity index is 453. The third-order valence-corrected chi connectivity index (χ3v) is 4.53. The Hall–Kier alpha value is -0.580. The van der Waals surface area contributed by atoms with Crippen LogP contribution in [0.25, 0.3) is 0 Å². The van der Waals surface area contributed by atoms with Gasteiger partial charge in [-0.2, -0.15) is 0 Å². The summed E-state index contributed by atoms with van der Waals surface area (Å²) in [6, 6.07) is 7.89. The van der Waals surface area contributed by atoms with Crippen molar-refractivity contribution in [3.05, 3.63) is 35.9 Å². The van der Waals surface area contributed by atoms with Crippen LogP contribution in [0.3, 0.4) is 0 Å². The maximum absolute atomic E-state index is 5.72. The number of ether oxygens (including phenoxy) is 2. The van der Waals surface area contributed by atoms with Gasteiger partial charge in [-0.25, -0.2) is 0 Å². The Kier molecular flexibility index (Phi) is 9.06. The van der Waals surface area contributed by atoms with Crippen molar-refractivity contribution in [2.45, 2.75) is 57.5 Å². The van der Waals surface area contributed by atoms with Crippen molar-refractivity contribution in [3.8, 4) is 5.75 Å². The van der Waals surface area contributed by atoms with E-state index in [1.54, 1.807) is 0 Å². The second kappa shape index (κ2) is 10.2. The standard InChI is InChI=1S/C18H27O2S2/c1-5-20-18(3,4)13-6-7-15(2)12-14-19-16-8-10-17(22-21)11-9-16/h8-12H,5-7,13-14H2,1-4H3. The first-order valence-corrected chi connectivity index (χ1v) is 9.53. The normalized spacial score (nSPS) is 12.5. The van der Waals surface area contributed by atoms with Crippen LogP contribution in [0, 0.1) is 0 Å². The average Bonchev–Trinajstić information content (AvgIpc) is 2.47. The number of hydrogen-bond acceptors (Lipinski definition) is 3. The van der Waals surface area contributed by atoms with Gasteiger partial charge in [-0.05, 0) is 99.8 Å². The van der Waals surface area contributed by atoms with E-state index in [0.29, 0.717) is 6.61 Å². The van der Waals surface area contributed by atoms with E-state index in [2.05, 4.69) is 26.8 Å². The van der Waals surface area contributed by atoms with Crippen molar-refractivity contribution in [2.24, 2.45) is 0 Å². The second-order valence-electron chi connectivity index (χ2n) is 5.96. The van der Waals surface area contributed by atoms with Crippen LogP contribution in [-0.2, 0) is 4.74 Å². The monoisotopic (exact) mass is 339 g/mol. The molecule has 0 saturated heterocycles. The average molecular weight is 340 g/mol. The summed E-state index contributed by atoms with van der Waals surface area (Å²) in [7, 11) is 1.33. The fraction of sp³-hybridized carbons (Fsp3) is 0.556. The van der Waals surface area contributed by atoms with Crippen LogP contribution < -0.4 is 4.74 Å². The maximum Gasteiger partial charge on any atom is 0.119 e. The molecular weight excluding hydrogens is 312 g/mol. The Morgan fingerprint density at radius 1 is 1.27 bits per heavy atom. The Balaban J connectivity index is 2.27. The van der Waals surface area contributed by atoms with Gasteiger partial charge in [0.25, 0.3) is 0 Å². The van der Waals surface area contributed by atoms with Crippen molar-refractivity contribution >= 4 is 22.5 Å². The zero-order valence-corrected chi connectivity index (χ0v) is 15.7. The summed E-state index contributed by atoms with van der Waals surface area (Å²) >= 11 is 4.92. The summed E-state index contributed by atoms with van der Waals surface area (Å²) in [6.45, 7) is 9.91. The number of rotatable bonds is 10. The highest BCUT2D eigenvalue weighted by Gasteiger charge is 2.16. The summed E-state index contributed by atoms with van der Waals surface area (Å²) in [4.78, 5) is 1.07. The van der Waals surface area contributed by atoms with Gasteiger partial charge >= 0.3 is 0 Å². The van der Waals surface area contributed by atoms with Crippen LogP contribution in [0.4, 0.5) is 0 Å². The lowest BCUT2D eigenvalue weighted by molar-refractivity contribution is -0.0173. The van der Waals surface area contributed by atoms with Gasteiger partial charge in [0.2, 0.25) is 0 Å². The fourth-order valence-corrected chi connectivity index (χ4v) is 2.81. The fourth-order valence-electron chi connectivity index (χ4n) is 2.23. The summed E-state index contributed by atoms with van der Waals surface area (Å²) in [5.74, 6) is 0.884. The molecule has 1 aromatic rings. The molecule has 0 aliphatic heterocycles. The quantitative estimate of drug-likeness (QED) is 0.373. The second-order valence-corrected chi connectivity index (χ2v) is 7.10. The molecule has 0 N–H and O–H groups in total. The van der Waals surface area contributed by atoms with E-state index in [1.165, 1.54) is 16.4 Å². The minimum absolute atomic E-state index is 0.0179. The van der Waals surface area contributed by atoms with Gasteiger partial charge in [0.15, 0.2) is 0 Å². The van der Waals surface area contributed by atoms with Gasteiger partial charge in [-0.3, -0.25) is 0 Å². The molecule has 0 aliphatic carbocycles. The van der Waals surface area contributed by atoms with Gasteiger partial charge in [-0.1, -0.05) is 5.57 Å². The topological polar surface area (TPSA) is 18.5 Å². The molecule has 0 spiro atoms. The third-order valence-electron chi connectivity index (χ3n) is 3.49. The highest BCUT2D eigenvalue weighted by molar-refractivity contribution is 8.68. The van der Waals surface area contributed by atoms with Crippen LogP contribution in [0.2, 0.25) is 0 Å². The third kappa shape index (κ3) is 8.16. The molecule has 1 radical (unpaired) electrons. The van der Waals surface area contributed by atoms with Crippen LogP contribution in [0.5, 0.6) is 5.75 Å². The first-order valence-electron chi connectivity index (χ1n) is 7.79. The molecule has 0 aromatic heterocycles. The zero-order valence-electron chi connectivity index (χ0n) is 14.1. The van der Waals surface area contributed by atoms with Crippen molar-refractivity contribution in [2.75, 3.05) is 13.2 Å². The van der Waals surface area contributed by atoms with Crippen molar-refractivity contribution in [1.29, 1.82) is 0 Å². The van der Waals surface area contributed by atoms with Crippen molar-refractivity contribution < 1.29 is 9.47 Å². The van der Waals surface area contributed by atoms with E-state index in [0.717, 1.165) is 36.5 Å². The Morgan fingerprint density at radius 2 is 1.95 bits per heavy atom. The Labute approximate surface area is 144 Å². The van der Waals surface area contributed by atoms with E-state index in [-0.39, 0.29) is 5.60 Å². The van der Waals surface area contributed by atoms with Gasteiger partial charge in [0.05, 0.1) is 5.60 Å². The van der Waals surface area contributed by atoms with Gasteiger partial charge in [-0.15, -0.1) is 0 Å². The minimum atomic E-state index is -0.0179. The minimum Gasteiger partial charge on any atom is -0.490 e.